The molecule has 3 aromatic rings. The minimum atomic E-state index is -0.182. The summed E-state index contributed by atoms with van der Waals surface area (Å²) in [5.74, 6) is 1.20. The molecule has 0 saturated heterocycles. The molecule has 0 bridgehead atoms. The van der Waals surface area contributed by atoms with Crippen LogP contribution in [0.4, 0.5) is 5.69 Å². The predicted octanol–water partition coefficient (Wildman–Crippen LogP) is 5.76. The van der Waals surface area contributed by atoms with Crippen molar-refractivity contribution < 1.29 is 9.53 Å². The quantitative estimate of drug-likeness (QED) is 0.581. The third-order valence-electron chi connectivity index (χ3n) is 3.89. The molecule has 0 unspecified atom stereocenters. The number of benzene rings is 2. The Kier molecular flexibility index (Phi) is 5.68. The molecule has 5 heteroatoms. The Hall–Kier alpha value is -2.66. The zero-order chi connectivity index (χ0) is 18.5. The molecular formula is C21H19BrN2O2. The summed E-state index contributed by atoms with van der Waals surface area (Å²) in [5.41, 5.74) is 2.94. The highest BCUT2D eigenvalue weighted by Crippen LogP contribution is 2.25. The molecule has 0 aliphatic carbocycles. The van der Waals surface area contributed by atoms with Crippen molar-refractivity contribution in [2.45, 2.75) is 20.3 Å². The molecule has 0 aliphatic rings. The lowest BCUT2D eigenvalue weighted by atomic mass is 10.1. The molecular weight excluding hydrogens is 392 g/mol. The first kappa shape index (κ1) is 18.1. The van der Waals surface area contributed by atoms with Crippen molar-refractivity contribution in [3.63, 3.8) is 0 Å². The Labute approximate surface area is 161 Å². The van der Waals surface area contributed by atoms with E-state index in [1.165, 1.54) is 0 Å². The molecule has 1 N–H and O–H groups in total. The average Bonchev–Trinajstić information content (AvgIpc) is 2.63. The van der Waals surface area contributed by atoms with Crippen molar-refractivity contribution in [3.05, 3.63) is 82.1 Å². The van der Waals surface area contributed by atoms with Crippen LogP contribution in [0.2, 0.25) is 0 Å². The second kappa shape index (κ2) is 8.15. The third kappa shape index (κ3) is 4.49. The van der Waals surface area contributed by atoms with Gasteiger partial charge in [-0.1, -0.05) is 28.9 Å². The number of nitrogens with zero attached hydrogens (tertiary/aromatic N) is 1. The fraction of sp³-hybridized carbons (Fsp3) is 0.143. The molecule has 0 fully saturated rings. The topological polar surface area (TPSA) is 51.2 Å². The van der Waals surface area contributed by atoms with Crippen LogP contribution in [0.25, 0.3) is 0 Å². The molecule has 1 amide bonds. The van der Waals surface area contributed by atoms with E-state index < -0.39 is 0 Å². The number of pyridine rings is 1. The van der Waals surface area contributed by atoms with Gasteiger partial charge in [-0.2, -0.15) is 0 Å². The zero-order valence-corrected chi connectivity index (χ0v) is 16.2. The number of nitrogens with one attached hydrogen (secondary N) is 1. The van der Waals surface area contributed by atoms with Gasteiger partial charge >= 0.3 is 0 Å². The SMILES string of the molecule is CCc1ccc(C(=O)Nc2cccc(Oc3ccc(Br)cc3)c2)c(C)n1. The van der Waals surface area contributed by atoms with Gasteiger partial charge in [-0.25, -0.2) is 0 Å². The fourth-order valence-electron chi connectivity index (χ4n) is 2.52. The standard InChI is InChI=1S/C21H19BrN2O2/c1-3-16-9-12-20(14(2)23-16)21(25)24-17-5-4-6-19(13-17)26-18-10-7-15(22)8-11-18/h4-13H,3H2,1-2H3,(H,24,25). The lowest BCUT2D eigenvalue weighted by Crippen LogP contribution is -2.14. The molecule has 0 radical (unpaired) electrons. The summed E-state index contributed by atoms with van der Waals surface area (Å²) in [4.78, 5) is 17.0. The van der Waals surface area contributed by atoms with Crippen LogP contribution in [0, 0.1) is 6.92 Å². The summed E-state index contributed by atoms with van der Waals surface area (Å²) in [5, 5.41) is 2.91. The molecule has 4 nitrogen and oxygen atoms in total. The van der Waals surface area contributed by atoms with Gasteiger partial charge in [0, 0.05) is 21.9 Å². The number of aromatic nitrogens is 1. The van der Waals surface area contributed by atoms with Crippen LogP contribution in [-0.4, -0.2) is 10.9 Å². The number of hydrogen-bond donors (Lipinski definition) is 1. The number of aryl methyl sites for hydroxylation is 2. The van der Waals surface area contributed by atoms with Crippen LogP contribution in [0.3, 0.4) is 0 Å². The Morgan fingerprint density at radius 2 is 1.85 bits per heavy atom. The van der Waals surface area contributed by atoms with Crippen LogP contribution in [0.15, 0.2) is 65.1 Å². The highest BCUT2D eigenvalue weighted by atomic mass is 79.9. The summed E-state index contributed by atoms with van der Waals surface area (Å²) in [7, 11) is 0. The van der Waals surface area contributed by atoms with Gasteiger partial charge in [0.15, 0.2) is 0 Å². The lowest BCUT2D eigenvalue weighted by Gasteiger charge is -2.10. The molecule has 1 aromatic heterocycles. The van der Waals surface area contributed by atoms with Gasteiger partial charge in [-0.15, -0.1) is 0 Å². The van der Waals surface area contributed by atoms with Crippen LogP contribution >= 0.6 is 15.9 Å². The molecule has 2 aromatic carbocycles. The van der Waals surface area contributed by atoms with Gasteiger partial charge in [0.05, 0.1) is 11.3 Å². The molecule has 0 saturated carbocycles. The van der Waals surface area contributed by atoms with Crippen molar-refractivity contribution in [1.29, 1.82) is 0 Å². The van der Waals surface area contributed by atoms with E-state index in [9.17, 15) is 4.79 Å². The third-order valence-corrected chi connectivity index (χ3v) is 4.42. The van der Waals surface area contributed by atoms with Gasteiger partial charge in [-0.05, 0) is 61.9 Å². The van der Waals surface area contributed by atoms with Crippen LogP contribution in [-0.2, 0) is 6.42 Å². The van der Waals surface area contributed by atoms with E-state index in [0.717, 1.165) is 28.0 Å². The maximum absolute atomic E-state index is 12.5. The summed E-state index contributed by atoms with van der Waals surface area (Å²) < 4.78 is 6.82. The Morgan fingerprint density at radius 1 is 1.08 bits per heavy atom. The number of hydrogen-bond acceptors (Lipinski definition) is 3. The van der Waals surface area contributed by atoms with E-state index in [1.54, 1.807) is 6.07 Å². The molecule has 3 rings (SSSR count). The van der Waals surface area contributed by atoms with Crippen LogP contribution in [0.1, 0.15) is 28.7 Å². The highest BCUT2D eigenvalue weighted by molar-refractivity contribution is 9.10. The van der Waals surface area contributed by atoms with Crippen LogP contribution < -0.4 is 10.1 Å². The van der Waals surface area contributed by atoms with Gasteiger partial charge < -0.3 is 10.1 Å². The number of ether oxygens (including phenoxy) is 1. The number of carbonyl (C=O) groups is 1. The molecule has 0 spiro atoms. The number of rotatable bonds is 5. The van der Waals surface area contributed by atoms with Gasteiger partial charge in [0.1, 0.15) is 11.5 Å². The van der Waals surface area contributed by atoms with E-state index in [4.69, 9.17) is 4.74 Å². The lowest BCUT2D eigenvalue weighted by molar-refractivity contribution is 0.102. The minimum absolute atomic E-state index is 0.182. The summed E-state index contributed by atoms with van der Waals surface area (Å²) in [6, 6.07) is 18.6. The second-order valence-electron chi connectivity index (χ2n) is 5.83. The smallest absolute Gasteiger partial charge is 0.257 e. The number of anilines is 1. The molecule has 0 aliphatic heterocycles. The molecule has 1 heterocycles. The Bertz CT molecular complexity index is 924. The summed E-state index contributed by atoms with van der Waals surface area (Å²) in [6.07, 6.45) is 0.845. The summed E-state index contributed by atoms with van der Waals surface area (Å²) in [6.45, 7) is 3.89. The van der Waals surface area contributed by atoms with Crippen molar-refractivity contribution >= 4 is 27.5 Å². The zero-order valence-electron chi connectivity index (χ0n) is 14.6. The molecule has 132 valence electrons. The minimum Gasteiger partial charge on any atom is -0.457 e. The monoisotopic (exact) mass is 410 g/mol. The number of carbonyl (C=O) groups excluding carboxylic acids is 1. The van der Waals surface area contributed by atoms with Crippen LogP contribution in [0.5, 0.6) is 11.5 Å². The number of halogens is 1. The molecule has 26 heavy (non-hydrogen) atoms. The van der Waals surface area contributed by atoms with Gasteiger partial charge in [0.2, 0.25) is 0 Å². The van der Waals surface area contributed by atoms with E-state index in [-0.39, 0.29) is 5.91 Å². The van der Waals surface area contributed by atoms with E-state index >= 15 is 0 Å². The van der Waals surface area contributed by atoms with Crippen molar-refractivity contribution in [3.8, 4) is 11.5 Å². The first-order chi connectivity index (χ1) is 12.5. The van der Waals surface area contributed by atoms with E-state index in [0.29, 0.717) is 17.0 Å². The largest absolute Gasteiger partial charge is 0.457 e. The van der Waals surface area contributed by atoms with Crippen molar-refractivity contribution in [2.24, 2.45) is 0 Å². The highest BCUT2D eigenvalue weighted by Gasteiger charge is 2.11. The van der Waals surface area contributed by atoms with Gasteiger partial charge in [0.25, 0.3) is 5.91 Å². The maximum Gasteiger partial charge on any atom is 0.257 e. The van der Waals surface area contributed by atoms with E-state index in [2.05, 4.69) is 26.2 Å². The number of amides is 1. The second-order valence-corrected chi connectivity index (χ2v) is 6.74. The molecule has 0 atom stereocenters. The first-order valence-electron chi connectivity index (χ1n) is 8.36. The predicted molar refractivity (Wildman–Crippen MR) is 107 cm³/mol. The Balaban J connectivity index is 1.74. The van der Waals surface area contributed by atoms with Crippen molar-refractivity contribution in [1.82, 2.24) is 4.98 Å². The van der Waals surface area contributed by atoms with Gasteiger partial charge in [-0.3, -0.25) is 9.78 Å². The average molecular weight is 411 g/mol. The summed E-state index contributed by atoms with van der Waals surface area (Å²) >= 11 is 3.40. The first-order valence-corrected chi connectivity index (χ1v) is 9.16. The van der Waals surface area contributed by atoms with Crippen molar-refractivity contribution in [2.75, 3.05) is 5.32 Å². The normalized spacial score (nSPS) is 10.4. The fourth-order valence-corrected chi connectivity index (χ4v) is 2.79. The maximum atomic E-state index is 12.5. The van der Waals surface area contributed by atoms with E-state index in [1.807, 2.05) is 68.4 Å². The Morgan fingerprint density at radius 3 is 2.54 bits per heavy atom.